The molecular weight excluding hydrogens is 327 g/mol. The van der Waals surface area contributed by atoms with E-state index in [9.17, 15) is 23.3 Å². The molecule has 1 saturated heterocycles. The highest BCUT2D eigenvalue weighted by molar-refractivity contribution is 5.64. The first-order chi connectivity index (χ1) is 11.3. The Hall–Kier alpha value is -2.41. The van der Waals surface area contributed by atoms with Crippen molar-refractivity contribution in [1.82, 2.24) is 9.88 Å². The molecule has 0 aliphatic carbocycles. The highest BCUT2D eigenvalue weighted by Gasteiger charge is 2.32. The minimum absolute atomic E-state index is 0.0109. The Labute approximate surface area is 136 Å². The van der Waals surface area contributed by atoms with E-state index >= 15 is 0 Å². The first-order valence-electron chi connectivity index (χ1n) is 7.36. The minimum Gasteiger partial charge on any atom is -0.364 e. The molecule has 0 unspecified atom stereocenters. The molecule has 7 nitrogen and oxygen atoms in total. The zero-order valence-electron chi connectivity index (χ0n) is 12.7. The Balaban J connectivity index is 1.92. The van der Waals surface area contributed by atoms with Crippen LogP contribution in [0, 0.1) is 27.4 Å². The van der Waals surface area contributed by atoms with Crippen LogP contribution >= 0.6 is 0 Å². The van der Waals surface area contributed by atoms with Gasteiger partial charge in [0.1, 0.15) is 11.6 Å². The largest absolute Gasteiger partial charge is 0.401 e. The highest BCUT2D eigenvalue weighted by atomic mass is 19.4. The molecule has 1 N–H and O–H groups in total. The molecule has 2 rings (SSSR count). The van der Waals surface area contributed by atoms with E-state index in [1.807, 2.05) is 0 Å². The standard InChI is InChI=1S/C14H16F3N5O2/c15-14(16,17)9-21-5-2-10(3-6-21)8-20-13-12(22(23)24)11(7-18)1-4-19-13/h1,4,10H,2-3,5-6,8-9H2,(H,19,20). The van der Waals surface area contributed by atoms with E-state index in [1.165, 1.54) is 17.2 Å². The van der Waals surface area contributed by atoms with Crippen molar-refractivity contribution in [1.29, 1.82) is 5.26 Å². The van der Waals surface area contributed by atoms with Gasteiger partial charge in [0.05, 0.1) is 11.5 Å². The average Bonchev–Trinajstić information content (AvgIpc) is 2.52. The third kappa shape index (κ3) is 4.79. The number of nitro groups is 1. The maximum atomic E-state index is 12.3. The van der Waals surface area contributed by atoms with E-state index in [0.717, 1.165) is 0 Å². The molecule has 1 fully saturated rings. The molecule has 0 aromatic carbocycles. The van der Waals surface area contributed by atoms with E-state index in [2.05, 4.69) is 10.3 Å². The molecule has 1 aromatic rings. The number of aromatic nitrogens is 1. The number of pyridine rings is 1. The van der Waals surface area contributed by atoms with Gasteiger partial charge >= 0.3 is 11.9 Å². The lowest BCUT2D eigenvalue weighted by Gasteiger charge is -2.32. The molecule has 2 heterocycles. The van der Waals surface area contributed by atoms with Gasteiger partial charge in [-0.25, -0.2) is 4.98 Å². The van der Waals surface area contributed by atoms with E-state index in [0.29, 0.717) is 32.5 Å². The third-order valence-electron chi connectivity index (χ3n) is 3.90. The Morgan fingerprint density at radius 2 is 2.12 bits per heavy atom. The topological polar surface area (TPSA) is 95.1 Å². The second-order valence-corrected chi connectivity index (χ2v) is 5.64. The predicted molar refractivity (Wildman–Crippen MR) is 79.3 cm³/mol. The lowest BCUT2D eigenvalue weighted by Crippen LogP contribution is -2.41. The summed E-state index contributed by atoms with van der Waals surface area (Å²) in [6.07, 6.45) is -1.77. The molecule has 1 aliphatic rings. The minimum atomic E-state index is -4.20. The molecule has 0 spiro atoms. The van der Waals surface area contributed by atoms with Gasteiger partial charge in [0.15, 0.2) is 0 Å². The number of nitrogens with one attached hydrogen (secondary N) is 1. The number of halogens is 3. The maximum absolute atomic E-state index is 12.3. The van der Waals surface area contributed by atoms with Gasteiger partial charge in [0, 0.05) is 12.7 Å². The van der Waals surface area contributed by atoms with Gasteiger partial charge in [-0.05, 0) is 37.9 Å². The van der Waals surface area contributed by atoms with Crippen LogP contribution in [0.5, 0.6) is 0 Å². The quantitative estimate of drug-likeness (QED) is 0.652. The van der Waals surface area contributed by atoms with Crippen LogP contribution in [-0.2, 0) is 0 Å². The molecule has 0 amide bonds. The fourth-order valence-electron chi connectivity index (χ4n) is 2.70. The lowest BCUT2D eigenvalue weighted by molar-refractivity contribution is -0.384. The zero-order chi connectivity index (χ0) is 17.7. The monoisotopic (exact) mass is 343 g/mol. The summed E-state index contributed by atoms with van der Waals surface area (Å²) < 4.78 is 37.0. The molecule has 24 heavy (non-hydrogen) atoms. The smallest absolute Gasteiger partial charge is 0.364 e. The van der Waals surface area contributed by atoms with Crippen molar-refractivity contribution in [3.8, 4) is 6.07 Å². The van der Waals surface area contributed by atoms with Crippen molar-refractivity contribution in [3.63, 3.8) is 0 Å². The van der Waals surface area contributed by atoms with E-state index in [-0.39, 0.29) is 23.0 Å². The Morgan fingerprint density at radius 3 is 2.67 bits per heavy atom. The lowest BCUT2D eigenvalue weighted by atomic mass is 9.97. The summed E-state index contributed by atoms with van der Waals surface area (Å²) in [5.41, 5.74) is -0.466. The molecule has 10 heteroatoms. The van der Waals surface area contributed by atoms with Crippen molar-refractivity contribution in [2.45, 2.75) is 19.0 Å². The number of anilines is 1. The van der Waals surface area contributed by atoms with E-state index < -0.39 is 17.6 Å². The fraction of sp³-hybridized carbons (Fsp3) is 0.571. The van der Waals surface area contributed by atoms with Crippen LogP contribution in [-0.4, -0.2) is 47.2 Å². The summed E-state index contributed by atoms with van der Waals surface area (Å²) in [7, 11) is 0. The summed E-state index contributed by atoms with van der Waals surface area (Å²) in [5, 5.41) is 22.9. The van der Waals surface area contributed by atoms with Gasteiger partial charge in [-0.1, -0.05) is 0 Å². The van der Waals surface area contributed by atoms with E-state index in [1.54, 1.807) is 6.07 Å². The van der Waals surface area contributed by atoms with Crippen molar-refractivity contribution in [2.75, 3.05) is 31.5 Å². The second kappa shape index (κ2) is 7.44. The fourth-order valence-corrected chi connectivity index (χ4v) is 2.70. The molecule has 0 bridgehead atoms. The molecule has 1 aromatic heterocycles. The summed E-state index contributed by atoms with van der Waals surface area (Å²) in [6, 6.07) is 3.01. The maximum Gasteiger partial charge on any atom is 0.401 e. The number of hydrogen-bond acceptors (Lipinski definition) is 6. The summed E-state index contributed by atoms with van der Waals surface area (Å²) in [4.78, 5) is 15.7. The van der Waals surface area contributed by atoms with Crippen LogP contribution in [0.2, 0.25) is 0 Å². The molecular formula is C14H16F3N5O2. The summed E-state index contributed by atoms with van der Waals surface area (Å²) >= 11 is 0. The van der Waals surface area contributed by atoms with Crippen molar-refractivity contribution in [2.24, 2.45) is 5.92 Å². The molecule has 0 atom stereocenters. The van der Waals surface area contributed by atoms with Crippen LogP contribution in [0.4, 0.5) is 24.7 Å². The molecule has 130 valence electrons. The molecule has 0 radical (unpaired) electrons. The Morgan fingerprint density at radius 1 is 1.46 bits per heavy atom. The number of nitriles is 1. The van der Waals surface area contributed by atoms with Crippen LogP contribution in [0.3, 0.4) is 0 Å². The number of likely N-dealkylation sites (tertiary alicyclic amines) is 1. The van der Waals surface area contributed by atoms with Crippen molar-refractivity contribution < 1.29 is 18.1 Å². The van der Waals surface area contributed by atoms with Gasteiger partial charge in [-0.2, -0.15) is 18.4 Å². The second-order valence-electron chi connectivity index (χ2n) is 5.64. The van der Waals surface area contributed by atoms with Crippen LogP contribution in [0.1, 0.15) is 18.4 Å². The van der Waals surface area contributed by atoms with Crippen molar-refractivity contribution >= 4 is 11.5 Å². The molecule has 1 aliphatic heterocycles. The van der Waals surface area contributed by atoms with Gasteiger partial charge < -0.3 is 5.32 Å². The van der Waals surface area contributed by atoms with Gasteiger partial charge in [-0.15, -0.1) is 0 Å². The first kappa shape index (κ1) is 17.9. The van der Waals surface area contributed by atoms with Crippen LogP contribution < -0.4 is 5.32 Å². The van der Waals surface area contributed by atoms with Crippen LogP contribution in [0.25, 0.3) is 0 Å². The van der Waals surface area contributed by atoms with Gasteiger partial charge in [0.25, 0.3) is 0 Å². The van der Waals surface area contributed by atoms with Crippen molar-refractivity contribution in [3.05, 3.63) is 27.9 Å². The SMILES string of the molecule is N#Cc1ccnc(NCC2CCN(CC(F)(F)F)CC2)c1[N+](=O)[O-]. The highest BCUT2D eigenvalue weighted by Crippen LogP contribution is 2.27. The number of alkyl halides is 3. The number of piperidine rings is 1. The van der Waals surface area contributed by atoms with E-state index in [4.69, 9.17) is 5.26 Å². The average molecular weight is 343 g/mol. The number of hydrogen-bond donors (Lipinski definition) is 1. The van der Waals surface area contributed by atoms with Crippen LogP contribution in [0.15, 0.2) is 12.3 Å². The van der Waals surface area contributed by atoms with Gasteiger partial charge in [-0.3, -0.25) is 15.0 Å². The molecule has 0 saturated carbocycles. The Bertz CT molecular complexity index is 636. The predicted octanol–water partition coefficient (Wildman–Crippen LogP) is 2.55. The first-order valence-corrected chi connectivity index (χ1v) is 7.36. The normalized spacial score (nSPS) is 16.6. The number of rotatable bonds is 5. The third-order valence-corrected chi connectivity index (χ3v) is 3.90. The summed E-state index contributed by atoms with van der Waals surface area (Å²) in [5.74, 6) is 0.110. The Kier molecular flexibility index (Phi) is 5.56. The number of nitrogens with zero attached hydrogens (tertiary/aromatic N) is 4. The van der Waals surface area contributed by atoms with Gasteiger partial charge in [0.2, 0.25) is 5.82 Å². The summed E-state index contributed by atoms with van der Waals surface area (Å²) in [6.45, 7) is 0.117. The zero-order valence-corrected chi connectivity index (χ0v) is 12.7.